The van der Waals surface area contributed by atoms with E-state index < -0.39 is 6.09 Å². The van der Waals surface area contributed by atoms with E-state index in [1.54, 1.807) is 17.0 Å². The number of hydrogen-bond donors (Lipinski definition) is 0. The number of carbonyl (C=O) groups excluding carboxylic acids is 2. The normalized spacial score (nSPS) is 14.7. The summed E-state index contributed by atoms with van der Waals surface area (Å²) in [5, 5.41) is 2.33. The van der Waals surface area contributed by atoms with Gasteiger partial charge in [0, 0.05) is 23.0 Å². The number of morpholine rings is 1. The SMILES string of the molecule is O=C(/C=C/c1cccs1)c1cc(Cl)ccc1OC(=O)N1CCOCC1. The third-order valence-corrected chi connectivity index (χ3v) is 4.69. The summed E-state index contributed by atoms with van der Waals surface area (Å²) in [6, 6.07) is 8.44. The number of amides is 1. The summed E-state index contributed by atoms with van der Waals surface area (Å²) in [6.45, 7) is 1.89. The zero-order valence-corrected chi connectivity index (χ0v) is 14.9. The van der Waals surface area contributed by atoms with Crippen LogP contribution in [0.25, 0.3) is 6.08 Å². The minimum Gasteiger partial charge on any atom is -0.409 e. The standard InChI is InChI=1S/C18H16ClNO4S/c19-13-3-6-17(24-18(22)20-7-9-23-10-8-20)15(12-13)16(21)5-4-14-2-1-11-25-14/h1-6,11-12H,7-10H2/b5-4+. The maximum atomic E-state index is 12.5. The molecule has 1 aliphatic rings. The Morgan fingerprint density at radius 3 is 2.76 bits per heavy atom. The summed E-state index contributed by atoms with van der Waals surface area (Å²) in [4.78, 5) is 27.3. The smallest absolute Gasteiger partial charge is 0.409 e. The van der Waals surface area contributed by atoms with E-state index in [0.717, 1.165) is 4.88 Å². The molecule has 0 spiro atoms. The van der Waals surface area contributed by atoms with Crippen LogP contribution in [-0.4, -0.2) is 43.1 Å². The lowest BCUT2D eigenvalue weighted by atomic mass is 10.1. The summed E-state index contributed by atoms with van der Waals surface area (Å²) in [7, 11) is 0. The number of hydrogen-bond acceptors (Lipinski definition) is 5. The van der Waals surface area contributed by atoms with Crippen molar-refractivity contribution in [3.8, 4) is 5.75 Å². The van der Waals surface area contributed by atoms with Crippen LogP contribution in [0.1, 0.15) is 15.2 Å². The van der Waals surface area contributed by atoms with Gasteiger partial charge in [0.25, 0.3) is 0 Å². The van der Waals surface area contributed by atoms with Crippen molar-refractivity contribution in [3.05, 3.63) is 57.3 Å². The number of nitrogens with zero attached hydrogens (tertiary/aromatic N) is 1. The highest BCUT2D eigenvalue weighted by molar-refractivity contribution is 7.10. The van der Waals surface area contributed by atoms with Gasteiger partial charge in [0.15, 0.2) is 5.78 Å². The lowest BCUT2D eigenvalue weighted by Gasteiger charge is -2.26. The predicted octanol–water partition coefficient (Wildman–Crippen LogP) is 4.13. The van der Waals surface area contributed by atoms with Gasteiger partial charge in [-0.2, -0.15) is 0 Å². The molecule has 5 nitrogen and oxygen atoms in total. The van der Waals surface area contributed by atoms with E-state index in [1.807, 2.05) is 17.5 Å². The van der Waals surface area contributed by atoms with Crippen molar-refractivity contribution in [2.24, 2.45) is 0 Å². The zero-order valence-electron chi connectivity index (χ0n) is 13.3. The van der Waals surface area contributed by atoms with Gasteiger partial charge in [-0.15, -0.1) is 11.3 Å². The van der Waals surface area contributed by atoms with Crippen molar-refractivity contribution in [1.29, 1.82) is 0 Å². The average molecular weight is 378 g/mol. The molecular weight excluding hydrogens is 362 g/mol. The lowest BCUT2D eigenvalue weighted by Crippen LogP contribution is -2.42. The van der Waals surface area contributed by atoms with Crippen molar-refractivity contribution in [2.75, 3.05) is 26.3 Å². The quantitative estimate of drug-likeness (QED) is 0.594. The van der Waals surface area contributed by atoms with Crippen LogP contribution in [0.4, 0.5) is 4.79 Å². The van der Waals surface area contributed by atoms with Crippen LogP contribution in [0.2, 0.25) is 5.02 Å². The molecule has 0 atom stereocenters. The Labute approximate surface area is 154 Å². The van der Waals surface area contributed by atoms with Crippen molar-refractivity contribution < 1.29 is 19.1 Å². The van der Waals surface area contributed by atoms with Crippen LogP contribution in [0.5, 0.6) is 5.75 Å². The Balaban J connectivity index is 1.77. The number of carbonyl (C=O) groups is 2. The molecule has 130 valence electrons. The maximum absolute atomic E-state index is 12.5. The molecule has 0 radical (unpaired) electrons. The van der Waals surface area contributed by atoms with E-state index in [9.17, 15) is 9.59 Å². The van der Waals surface area contributed by atoms with Crippen LogP contribution in [0.3, 0.4) is 0 Å². The Kier molecular flexibility index (Phi) is 5.86. The second-order valence-corrected chi connectivity index (χ2v) is 6.74. The molecule has 1 aromatic carbocycles. The van der Waals surface area contributed by atoms with Gasteiger partial charge < -0.3 is 14.4 Å². The number of ether oxygens (including phenoxy) is 2. The Morgan fingerprint density at radius 1 is 1.24 bits per heavy atom. The van der Waals surface area contributed by atoms with Crippen LogP contribution >= 0.6 is 22.9 Å². The molecule has 0 bridgehead atoms. The first-order valence-corrected chi connectivity index (χ1v) is 8.99. The highest BCUT2D eigenvalue weighted by Gasteiger charge is 2.21. The zero-order chi connectivity index (χ0) is 17.6. The molecule has 0 aliphatic carbocycles. The molecule has 7 heteroatoms. The third-order valence-electron chi connectivity index (χ3n) is 3.62. The first-order chi connectivity index (χ1) is 12.1. The Bertz CT molecular complexity index is 782. The first kappa shape index (κ1) is 17.7. The van der Waals surface area contributed by atoms with E-state index in [0.29, 0.717) is 31.3 Å². The van der Waals surface area contributed by atoms with E-state index in [1.165, 1.54) is 29.5 Å². The summed E-state index contributed by atoms with van der Waals surface area (Å²) in [5.74, 6) is -0.0811. The molecule has 0 saturated carbocycles. The summed E-state index contributed by atoms with van der Waals surface area (Å²) < 4.78 is 10.6. The minimum atomic E-state index is -0.498. The van der Waals surface area contributed by atoms with Gasteiger partial charge in [-0.25, -0.2) is 4.79 Å². The number of ketones is 1. The van der Waals surface area contributed by atoms with E-state index in [4.69, 9.17) is 21.1 Å². The molecule has 1 saturated heterocycles. The summed E-state index contributed by atoms with van der Waals surface area (Å²) >= 11 is 7.53. The molecule has 2 heterocycles. The number of benzene rings is 1. The number of thiophene rings is 1. The Hall–Kier alpha value is -2.15. The van der Waals surface area contributed by atoms with Crippen molar-refractivity contribution in [2.45, 2.75) is 0 Å². The highest BCUT2D eigenvalue weighted by atomic mass is 35.5. The molecule has 25 heavy (non-hydrogen) atoms. The number of rotatable bonds is 4. The molecule has 1 aromatic heterocycles. The van der Waals surface area contributed by atoms with Gasteiger partial charge in [0.1, 0.15) is 5.75 Å². The van der Waals surface area contributed by atoms with Crippen LogP contribution in [0.15, 0.2) is 41.8 Å². The molecule has 0 unspecified atom stereocenters. The molecule has 1 fully saturated rings. The van der Waals surface area contributed by atoms with Crippen molar-refractivity contribution >= 4 is 40.9 Å². The predicted molar refractivity (Wildman–Crippen MR) is 97.6 cm³/mol. The van der Waals surface area contributed by atoms with Crippen LogP contribution in [0, 0.1) is 0 Å². The third kappa shape index (κ3) is 4.69. The van der Waals surface area contributed by atoms with Crippen LogP contribution in [-0.2, 0) is 4.74 Å². The minimum absolute atomic E-state index is 0.196. The van der Waals surface area contributed by atoms with E-state index in [-0.39, 0.29) is 17.1 Å². The number of allylic oxidation sites excluding steroid dienone is 1. The molecule has 0 N–H and O–H groups in total. The topological polar surface area (TPSA) is 55.8 Å². The largest absolute Gasteiger partial charge is 0.415 e. The monoisotopic (exact) mass is 377 g/mol. The molecule has 1 amide bonds. The second-order valence-electron chi connectivity index (χ2n) is 5.32. The number of halogens is 1. The summed E-state index contributed by atoms with van der Waals surface area (Å²) in [6.07, 6.45) is 2.67. The fourth-order valence-corrected chi connectivity index (χ4v) is 3.11. The van der Waals surface area contributed by atoms with E-state index in [2.05, 4.69) is 0 Å². The average Bonchev–Trinajstić information content (AvgIpc) is 3.15. The maximum Gasteiger partial charge on any atom is 0.415 e. The highest BCUT2D eigenvalue weighted by Crippen LogP contribution is 2.25. The molecule has 3 rings (SSSR count). The van der Waals surface area contributed by atoms with Gasteiger partial charge in [-0.05, 0) is 41.8 Å². The second kappa shape index (κ2) is 8.29. The lowest BCUT2D eigenvalue weighted by molar-refractivity contribution is 0.0415. The molecule has 2 aromatic rings. The van der Waals surface area contributed by atoms with Gasteiger partial charge in [0.2, 0.25) is 0 Å². The summed E-state index contributed by atoms with van der Waals surface area (Å²) in [5.41, 5.74) is 0.252. The van der Waals surface area contributed by atoms with Crippen molar-refractivity contribution in [3.63, 3.8) is 0 Å². The van der Waals surface area contributed by atoms with E-state index >= 15 is 0 Å². The van der Waals surface area contributed by atoms with Crippen LogP contribution < -0.4 is 4.74 Å². The van der Waals surface area contributed by atoms with Gasteiger partial charge in [-0.1, -0.05) is 17.7 Å². The van der Waals surface area contributed by atoms with Gasteiger partial charge in [-0.3, -0.25) is 4.79 Å². The van der Waals surface area contributed by atoms with Crippen molar-refractivity contribution in [1.82, 2.24) is 4.90 Å². The van der Waals surface area contributed by atoms with Gasteiger partial charge >= 0.3 is 6.09 Å². The Morgan fingerprint density at radius 2 is 2.04 bits per heavy atom. The molecule has 1 aliphatic heterocycles. The first-order valence-electron chi connectivity index (χ1n) is 7.73. The van der Waals surface area contributed by atoms with Gasteiger partial charge in [0.05, 0.1) is 18.8 Å². The molecular formula is C18H16ClNO4S. The fraction of sp³-hybridized carbons (Fsp3) is 0.222. The fourth-order valence-electron chi connectivity index (χ4n) is 2.32.